The molecule has 0 aliphatic rings. The molecule has 0 bridgehead atoms. The van der Waals surface area contributed by atoms with Crippen LogP contribution in [0.5, 0.6) is 0 Å². The zero-order valence-corrected chi connectivity index (χ0v) is 17.6. The van der Waals surface area contributed by atoms with Crippen LogP contribution >= 0.6 is 0 Å². The highest BCUT2D eigenvalue weighted by Crippen LogP contribution is 2.11. The van der Waals surface area contributed by atoms with Crippen LogP contribution in [0.2, 0.25) is 0 Å². The molecule has 0 fully saturated rings. The number of hydrogen-bond donors (Lipinski definition) is 1. The molecule has 5 heteroatoms. The van der Waals surface area contributed by atoms with Gasteiger partial charge in [-0.3, -0.25) is 4.79 Å². The summed E-state index contributed by atoms with van der Waals surface area (Å²) in [6.45, 7) is 5.46. The Morgan fingerprint density at radius 1 is 0.786 bits per heavy atom. The van der Waals surface area contributed by atoms with Crippen molar-refractivity contribution in [1.82, 2.24) is 0 Å². The van der Waals surface area contributed by atoms with Gasteiger partial charge in [-0.25, -0.2) is 4.79 Å². The number of unbranched alkanes of at least 4 members (excludes halogenated alkanes) is 7. The van der Waals surface area contributed by atoms with E-state index in [-0.39, 0.29) is 19.2 Å². The predicted octanol–water partition coefficient (Wildman–Crippen LogP) is 5.74. The topological polar surface area (TPSA) is 64.6 Å². The molecule has 1 N–H and O–H groups in total. The number of esters is 2. The van der Waals surface area contributed by atoms with Gasteiger partial charge >= 0.3 is 11.9 Å². The minimum atomic E-state index is -0.400. The van der Waals surface area contributed by atoms with Crippen LogP contribution in [0.1, 0.15) is 88.4 Å². The van der Waals surface area contributed by atoms with Crippen molar-refractivity contribution in [2.75, 3.05) is 25.1 Å². The van der Waals surface area contributed by atoms with E-state index < -0.39 is 5.97 Å². The van der Waals surface area contributed by atoms with E-state index in [9.17, 15) is 9.59 Å². The van der Waals surface area contributed by atoms with Gasteiger partial charge in [0.15, 0.2) is 0 Å². The summed E-state index contributed by atoms with van der Waals surface area (Å²) in [5.41, 5.74) is 1.49. The average molecular weight is 392 g/mol. The fraction of sp³-hybridized carbons (Fsp3) is 0.652. The van der Waals surface area contributed by atoms with Crippen molar-refractivity contribution in [3.8, 4) is 0 Å². The molecule has 0 radical (unpaired) electrons. The van der Waals surface area contributed by atoms with E-state index in [4.69, 9.17) is 9.47 Å². The second kappa shape index (κ2) is 16.0. The number of nitrogens with one attached hydrogen (secondary N) is 1. The lowest BCUT2D eigenvalue weighted by Gasteiger charge is -2.08. The Morgan fingerprint density at radius 3 is 2.07 bits per heavy atom. The average Bonchev–Trinajstić information content (AvgIpc) is 2.71. The Labute approximate surface area is 170 Å². The Hall–Kier alpha value is -2.04. The molecule has 1 aromatic rings. The normalized spacial score (nSPS) is 10.5. The van der Waals surface area contributed by atoms with Crippen LogP contribution in [0.3, 0.4) is 0 Å². The summed E-state index contributed by atoms with van der Waals surface area (Å²) in [5, 5.41) is 3.30. The molecule has 0 heterocycles. The summed E-state index contributed by atoms with van der Waals surface area (Å²) >= 11 is 0. The van der Waals surface area contributed by atoms with Gasteiger partial charge in [0, 0.05) is 18.7 Å². The molecule has 0 atom stereocenters. The van der Waals surface area contributed by atoms with Gasteiger partial charge in [0.1, 0.15) is 13.2 Å². The van der Waals surface area contributed by atoms with Gasteiger partial charge in [-0.05, 0) is 37.1 Å². The van der Waals surface area contributed by atoms with Crippen LogP contribution in [0.15, 0.2) is 24.3 Å². The Bertz CT molecular complexity index is 542. The maximum atomic E-state index is 12.0. The number of hydrogen-bond acceptors (Lipinski definition) is 5. The molecule has 0 aromatic heterocycles. The number of ether oxygens (including phenoxy) is 2. The lowest BCUT2D eigenvalue weighted by atomic mass is 10.1. The lowest BCUT2D eigenvalue weighted by molar-refractivity contribution is -0.144. The molecular formula is C23H37NO4. The lowest BCUT2D eigenvalue weighted by Crippen LogP contribution is -2.14. The zero-order valence-electron chi connectivity index (χ0n) is 17.6. The highest BCUT2D eigenvalue weighted by atomic mass is 16.6. The summed E-state index contributed by atoms with van der Waals surface area (Å²) in [6.07, 6.45) is 10.9. The first-order chi connectivity index (χ1) is 13.7. The summed E-state index contributed by atoms with van der Waals surface area (Å²) < 4.78 is 10.3. The molecule has 28 heavy (non-hydrogen) atoms. The maximum Gasteiger partial charge on any atom is 0.338 e. The van der Waals surface area contributed by atoms with Gasteiger partial charge in [0.2, 0.25) is 0 Å². The molecular weight excluding hydrogens is 354 g/mol. The molecule has 0 saturated heterocycles. The second-order valence-corrected chi connectivity index (χ2v) is 7.09. The first-order valence-electron chi connectivity index (χ1n) is 10.8. The van der Waals surface area contributed by atoms with Crippen LogP contribution in [-0.4, -0.2) is 31.7 Å². The molecule has 158 valence electrons. The van der Waals surface area contributed by atoms with E-state index in [1.54, 1.807) is 12.1 Å². The molecule has 0 aliphatic carbocycles. The molecule has 0 unspecified atom stereocenters. The fourth-order valence-electron chi connectivity index (χ4n) is 2.81. The van der Waals surface area contributed by atoms with Gasteiger partial charge in [0.25, 0.3) is 0 Å². The summed E-state index contributed by atoms with van der Waals surface area (Å²) in [4.78, 5) is 23.7. The molecule has 1 rings (SSSR count). The van der Waals surface area contributed by atoms with E-state index in [1.807, 2.05) is 12.1 Å². The molecule has 0 aliphatic heterocycles. The predicted molar refractivity (Wildman–Crippen MR) is 114 cm³/mol. The second-order valence-electron chi connectivity index (χ2n) is 7.09. The third-order valence-corrected chi connectivity index (χ3v) is 4.54. The summed E-state index contributed by atoms with van der Waals surface area (Å²) in [5.74, 6) is -0.615. The summed E-state index contributed by atoms with van der Waals surface area (Å²) in [7, 11) is 0. The van der Waals surface area contributed by atoms with E-state index in [0.29, 0.717) is 12.0 Å². The van der Waals surface area contributed by atoms with E-state index >= 15 is 0 Å². The molecule has 0 amide bonds. The smallest absolute Gasteiger partial charge is 0.338 e. The molecule has 1 aromatic carbocycles. The van der Waals surface area contributed by atoms with Gasteiger partial charge in [-0.1, -0.05) is 58.8 Å². The van der Waals surface area contributed by atoms with Gasteiger partial charge < -0.3 is 14.8 Å². The van der Waals surface area contributed by atoms with Crippen LogP contribution < -0.4 is 5.32 Å². The minimum Gasteiger partial charge on any atom is -0.462 e. The van der Waals surface area contributed by atoms with Crippen molar-refractivity contribution in [3.05, 3.63) is 29.8 Å². The quantitative estimate of drug-likeness (QED) is 0.287. The van der Waals surface area contributed by atoms with Crippen molar-refractivity contribution in [1.29, 1.82) is 0 Å². The number of carbonyl (C=O) groups excluding carboxylic acids is 2. The third kappa shape index (κ3) is 11.6. The number of anilines is 1. The van der Waals surface area contributed by atoms with Gasteiger partial charge in [0.05, 0.1) is 5.56 Å². The zero-order chi connectivity index (χ0) is 20.5. The first kappa shape index (κ1) is 24.0. The van der Waals surface area contributed by atoms with Crippen LogP contribution in [0, 0.1) is 0 Å². The maximum absolute atomic E-state index is 12.0. The van der Waals surface area contributed by atoms with Gasteiger partial charge in [-0.2, -0.15) is 0 Å². The van der Waals surface area contributed by atoms with E-state index in [0.717, 1.165) is 37.9 Å². The van der Waals surface area contributed by atoms with E-state index in [2.05, 4.69) is 19.2 Å². The minimum absolute atomic E-state index is 0.0814. The highest BCUT2D eigenvalue weighted by molar-refractivity contribution is 5.89. The third-order valence-electron chi connectivity index (χ3n) is 4.54. The molecule has 0 saturated carbocycles. The fourth-order valence-corrected chi connectivity index (χ4v) is 2.81. The Kier molecular flexibility index (Phi) is 13.7. The highest BCUT2D eigenvalue weighted by Gasteiger charge is 2.08. The van der Waals surface area contributed by atoms with Crippen molar-refractivity contribution in [3.63, 3.8) is 0 Å². The van der Waals surface area contributed by atoms with Crippen LogP contribution in [0.25, 0.3) is 0 Å². The van der Waals surface area contributed by atoms with Crippen molar-refractivity contribution in [2.45, 2.75) is 78.1 Å². The number of benzene rings is 1. The van der Waals surface area contributed by atoms with E-state index in [1.165, 1.54) is 32.1 Å². The van der Waals surface area contributed by atoms with Crippen molar-refractivity contribution < 1.29 is 19.1 Å². The largest absolute Gasteiger partial charge is 0.462 e. The first-order valence-corrected chi connectivity index (χ1v) is 10.8. The Balaban J connectivity index is 2.08. The SMILES string of the molecule is CCCCCCCCCC(=O)OCCOC(=O)c1ccc(NCCCC)cc1. The number of carbonyl (C=O) groups is 2. The van der Waals surface area contributed by atoms with Crippen molar-refractivity contribution >= 4 is 17.6 Å². The Morgan fingerprint density at radius 2 is 1.39 bits per heavy atom. The van der Waals surface area contributed by atoms with Crippen molar-refractivity contribution in [2.24, 2.45) is 0 Å². The van der Waals surface area contributed by atoms with Crippen LogP contribution in [0.4, 0.5) is 5.69 Å². The molecule has 5 nitrogen and oxygen atoms in total. The monoisotopic (exact) mass is 391 g/mol. The number of rotatable bonds is 16. The summed E-state index contributed by atoms with van der Waals surface area (Å²) in [6, 6.07) is 7.22. The molecule has 0 spiro atoms. The van der Waals surface area contributed by atoms with Gasteiger partial charge in [-0.15, -0.1) is 0 Å². The van der Waals surface area contributed by atoms with Crippen LogP contribution in [-0.2, 0) is 14.3 Å². The standard InChI is InChI=1S/C23H37NO4/c1-3-5-7-8-9-10-11-12-22(25)27-18-19-28-23(26)20-13-15-21(16-14-20)24-17-6-4-2/h13-16,24H,3-12,17-19H2,1-2H3.